The molecule has 6 nitrogen and oxygen atoms in total. The van der Waals surface area contributed by atoms with Gasteiger partial charge in [0.05, 0.1) is 10.9 Å². The Morgan fingerprint density at radius 3 is 2.38 bits per heavy atom. The summed E-state index contributed by atoms with van der Waals surface area (Å²) in [5.74, 6) is 1.33. The summed E-state index contributed by atoms with van der Waals surface area (Å²) >= 11 is 5.93. The van der Waals surface area contributed by atoms with Crippen LogP contribution in [0, 0.1) is 5.92 Å². The van der Waals surface area contributed by atoms with Gasteiger partial charge in [0.25, 0.3) is 0 Å². The van der Waals surface area contributed by atoms with E-state index < -0.39 is 0 Å². The van der Waals surface area contributed by atoms with E-state index in [1.165, 1.54) is 25.7 Å². The monoisotopic (exact) mass is 418 g/mol. The minimum atomic E-state index is -0.0452. The van der Waals surface area contributed by atoms with Gasteiger partial charge in [0.15, 0.2) is 0 Å². The third-order valence-electron chi connectivity index (χ3n) is 6.69. The summed E-state index contributed by atoms with van der Waals surface area (Å²) in [6.45, 7) is 3.58. The number of hydrogen-bond donors (Lipinski definition) is 0. The van der Waals surface area contributed by atoms with Crippen molar-refractivity contribution in [1.29, 1.82) is 0 Å². The molecule has 0 radical (unpaired) electrons. The zero-order chi connectivity index (χ0) is 20.2. The number of halogens is 1. The first-order chi connectivity index (χ1) is 14.1. The molecule has 158 valence electrons. The number of amides is 2. The van der Waals surface area contributed by atoms with Gasteiger partial charge in [-0.25, -0.2) is 4.98 Å². The van der Waals surface area contributed by atoms with Crippen molar-refractivity contribution >= 4 is 29.2 Å². The first-order valence-electron chi connectivity index (χ1n) is 11.1. The van der Waals surface area contributed by atoms with Gasteiger partial charge in [-0.2, -0.15) is 0 Å². The highest BCUT2D eigenvalue weighted by Crippen LogP contribution is 2.28. The molecule has 3 fully saturated rings. The maximum atomic E-state index is 13.2. The molecule has 0 spiro atoms. The largest absolute Gasteiger partial charge is 0.353 e. The topological polar surface area (TPSA) is 56.8 Å². The summed E-state index contributed by atoms with van der Waals surface area (Å²) in [7, 11) is 0. The fourth-order valence-electron chi connectivity index (χ4n) is 4.96. The lowest BCUT2D eigenvalue weighted by molar-refractivity contribution is -0.145. The van der Waals surface area contributed by atoms with Crippen molar-refractivity contribution in [1.82, 2.24) is 14.8 Å². The van der Waals surface area contributed by atoms with Crippen LogP contribution in [-0.2, 0) is 9.59 Å². The number of rotatable bonds is 3. The summed E-state index contributed by atoms with van der Waals surface area (Å²) in [5.41, 5.74) is 0. The molecule has 3 heterocycles. The molecule has 0 N–H and O–H groups in total. The first kappa shape index (κ1) is 20.5. The van der Waals surface area contributed by atoms with Crippen LogP contribution in [0.1, 0.15) is 51.4 Å². The summed E-state index contributed by atoms with van der Waals surface area (Å²) in [4.78, 5) is 36.3. The number of hydrogen-bond acceptors (Lipinski definition) is 4. The maximum absolute atomic E-state index is 13.2. The van der Waals surface area contributed by atoms with Crippen LogP contribution in [-0.4, -0.2) is 65.4 Å². The minimum absolute atomic E-state index is 0.0452. The highest BCUT2D eigenvalue weighted by atomic mass is 35.5. The van der Waals surface area contributed by atoms with Crippen molar-refractivity contribution in [2.24, 2.45) is 5.92 Å². The molecular weight excluding hydrogens is 388 g/mol. The van der Waals surface area contributed by atoms with E-state index in [9.17, 15) is 9.59 Å². The summed E-state index contributed by atoms with van der Waals surface area (Å²) in [5, 5.41) is 0.632. The Kier molecular flexibility index (Phi) is 6.58. The number of carbonyl (C=O) groups is 2. The van der Waals surface area contributed by atoms with Crippen molar-refractivity contribution in [3.8, 4) is 0 Å². The Balaban J connectivity index is 1.33. The van der Waals surface area contributed by atoms with Gasteiger partial charge in [0.2, 0.25) is 11.8 Å². The Labute approximate surface area is 178 Å². The molecular formula is C22H31ClN4O2. The molecule has 29 heavy (non-hydrogen) atoms. The number of anilines is 1. The van der Waals surface area contributed by atoms with E-state index in [-0.39, 0.29) is 17.7 Å². The van der Waals surface area contributed by atoms with Crippen LogP contribution in [0.4, 0.5) is 5.82 Å². The Morgan fingerprint density at radius 1 is 1.00 bits per heavy atom. The number of piperidine rings is 1. The normalized spacial score (nSPS) is 24.5. The van der Waals surface area contributed by atoms with Crippen LogP contribution >= 0.6 is 11.6 Å². The lowest BCUT2D eigenvalue weighted by atomic mass is 9.93. The van der Waals surface area contributed by atoms with Gasteiger partial charge in [0, 0.05) is 51.4 Å². The molecule has 1 unspecified atom stereocenters. The standard InChI is InChI=1S/C22H31ClN4O2/c23-18-8-9-20(24-15-18)25-11-13-26(14-12-25)22(29)17-7-10-21(28)27(16-17)19-5-3-1-2-4-6-19/h8-9,15,17,19H,1-7,10-14,16H2. The zero-order valence-corrected chi connectivity index (χ0v) is 17.8. The maximum Gasteiger partial charge on any atom is 0.227 e. The average molecular weight is 419 g/mol. The minimum Gasteiger partial charge on any atom is -0.353 e. The van der Waals surface area contributed by atoms with E-state index in [0.717, 1.165) is 31.7 Å². The fourth-order valence-corrected chi connectivity index (χ4v) is 5.08. The van der Waals surface area contributed by atoms with E-state index in [0.29, 0.717) is 43.5 Å². The molecule has 2 amide bonds. The molecule has 7 heteroatoms. The van der Waals surface area contributed by atoms with Gasteiger partial charge in [-0.3, -0.25) is 9.59 Å². The molecule has 1 aromatic rings. The van der Waals surface area contributed by atoms with Crippen LogP contribution in [0.3, 0.4) is 0 Å². The predicted octanol–water partition coefficient (Wildman–Crippen LogP) is 3.35. The van der Waals surface area contributed by atoms with Gasteiger partial charge < -0.3 is 14.7 Å². The molecule has 1 aliphatic carbocycles. The second kappa shape index (κ2) is 9.33. The SMILES string of the molecule is O=C(C1CCC(=O)N(C2CCCCCC2)C1)N1CCN(c2ccc(Cl)cn2)CC1. The van der Waals surface area contributed by atoms with Crippen molar-refractivity contribution in [2.45, 2.75) is 57.4 Å². The average Bonchev–Trinajstić information content (AvgIpc) is 3.04. The Hall–Kier alpha value is -1.82. The molecule has 2 saturated heterocycles. The van der Waals surface area contributed by atoms with Crippen molar-refractivity contribution in [3.05, 3.63) is 23.4 Å². The highest BCUT2D eigenvalue weighted by Gasteiger charge is 2.36. The number of piperazine rings is 1. The second-order valence-corrected chi connectivity index (χ2v) is 9.01. The number of pyridine rings is 1. The number of likely N-dealkylation sites (tertiary alicyclic amines) is 1. The Bertz CT molecular complexity index is 710. The fraction of sp³-hybridized carbons (Fsp3) is 0.682. The smallest absolute Gasteiger partial charge is 0.227 e. The quantitative estimate of drug-likeness (QED) is 0.706. The van der Waals surface area contributed by atoms with Crippen LogP contribution in [0.5, 0.6) is 0 Å². The molecule has 1 saturated carbocycles. The number of nitrogens with zero attached hydrogens (tertiary/aromatic N) is 4. The molecule has 1 atom stereocenters. The Morgan fingerprint density at radius 2 is 1.72 bits per heavy atom. The summed E-state index contributed by atoms with van der Waals surface area (Å²) in [6.07, 6.45) is 10.0. The van der Waals surface area contributed by atoms with Gasteiger partial charge in [0.1, 0.15) is 5.82 Å². The van der Waals surface area contributed by atoms with Crippen molar-refractivity contribution in [3.63, 3.8) is 0 Å². The first-order valence-corrected chi connectivity index (χ1v) is 11.4. The highest BCUT2D eigenvalue weighted by molar-refractivity contribution is 6.30. The molecule has 0 aromatic carbocycles. The number of aromatic nitrogens is 1. The van der Waals surface area contributed by atoms with Gasteiger partial charge in [-0.15, -0.1) is 0 Å². The summed E-state index contributed by atoms with van der Waals surface area (Å²) in [6, 6.07) is 4.12. The third kappa shape index (κ3) is 4.85. The van der Waals surface area contributed by atoms with Gasteiger partial charge in [-0.1, -0.05) is 37.3 Å². The van der Waals surface area contributed by atoms with Crippen molar-refractivity contribution in [2.75, 3.05) is 37.6 Å². The van der Waals surface area contributed by atoms with Gasteiger partial charge in [-0.05, 0) is 31.4 Å². The second-order valence-electron chi connectivity index (χ2n) is 8.57. The van der Waals surface area contributed by atoms with Crippen LogP contribution < -0.4 is 4.90 Å². The van der Waals surface area contributed by atoms with Crippen LogP contribution in [0.2, 0.25) is 5.02 Å². The van der Waals surface area contributed by atoms with Crippen LogP contribution in [0.25, 0.3) is 0 Å². The van der Waals surface area contributed by atoms with E-state index >= 15 is 0 Å². The van der Waals surface area contributed by atoms with Gasteiger partial charge >= 0.3 is 0 Å². The molecule has 2 aliphatic heterocycles. The van der Waals surface area contributed by atoms with E-state index in [1.807, 2.05) is 21.9 Å². The predicted molar refractivity (Wildman–Crippen MR) is 114 cm³/mol. The van der Waals surface area contributed by atoms with E-state index in [1.54, 1.807) is 6.20 Å². The number of carbonyl (C=O) groups excluding carboxylic acids is 2. The van der Waals surface area contributed by atoms with E-state index in [4.69, 9.17) is 11.6 Å². The lowest BCUT2D eigenvalue weighted by Crippen LogP contribution is -2.54. The lowest BCUT2D eigenvalue weighted by Gasteiger charge is -2.41. The zero-order valence-electron chi connectivity index (χ0n) is 17.1. The molecule has 1 aromatic heterocycles. The molecule has 4 rings (SSSR count). The van der Waals surface area contributed by atoms with Crippen molar-refractivity contribution < 1.29 is 9.59 Å². The third-order valence-corrected chi connectivity index (χ3v) is 6.91. The van der Waals surface area contributed by atoms with Crippen LogP contribution in [0.15, 0.2) is 18.3 Å². The molecule has 0 bridgehead atoms. The van der Waals surface area contributed by atoms with E-state index in [2.05, 4.69) is 9.88 Å². The summed E-state index contributed by atoms with van der Waals surface area (Å²) < 4.78 is 0. The molecule has 3 aliphatic rings.